The molecule has 1 aliphatic carbocycles. The largest absolute Gasteiger partial charge is 0.321 e. The molecule has 0 unspecified atom stereocenters. The van der Waals surface area contributed by atoms with Crippen LogP contribution < -0.4 is 5.73 Å². The first-order valence-electron chi connectivity index (χ1n) is 5.56. The summed E-state index contributed by atoms with van der Waals surface area (Å²) in [4.78, 5) is 0. The molecule has 1 heterocycles. The number of nitrogens with zero attached hydrogens (tertiary/aromatic N) is 2. The fourth-order valence-electron chi connectivity index (χ4n) is 2.00. The summed E-state index contributed by atoms with van der Waals surface area (Å²) < 4.78 is 1.82. The van der Waals surface area contributed by atoms with Crippen molar-refractivity contribution in [2.45, 2.75) is 18.4 Å². The lowest BCUT2D eigenvalue weighted by atomic mass is 10.0. The van der Waals surface area contributed by atoms with Crippen LogP contribution >= 0.6 is 0 Å². The Morgan fingerprint density at radius 1 is 1.31 bits per heavy atom. The Morgan fingerprint density at radius 3 is 2.75 bits per heavy atom. The van der Waals surface area contributed by atoms with Crippen molar-refractivity contribution in [3.8, 4) is 11.1 Å². The van der Waals surface area contributed by atoms with Gasteiger partial charge in [0.2, 0.25) is 0 Å². The topological polar surface area (TPSA) is 43.8 Å². The van der Waals surface area contributed by atoms with Crippen molar-refractivity contribution in [2.24, 2.45) is 12.8 Å². The van der Waals surface area contributed by atoms with Crippen molar-refractivity contribution < 1.29 is 0 Å². The molecule has 2 N–H and O–H groups in total. The average molecular weight is 213 g/mol. The highest BCUT2D eigenvalue weighted by atomic mass is 15.2. The fourth-order valence-corrected chi connectivity index (χ4v) is 2.00. The zero-order chi connectivity index (χ0) is 11.2. The van der Waals surface area contributed by atoms with Gasteiger partial charge < -0.3 is 5.73 Å². The third-order valence-corrected chi connectivity index (χ3v) is 3.26. The van der Waals surface area contributed by atoms with Gasteiger partial charge in [-0.1, -0.05) is 18.2 Å². The Labute approximate surface area is 94.9 Å². The van der Waals surface area contributed by atoms with Gasteiger partial charge in [0.15, 0.2) is 0 Å². The van der Waals surface area contributed by atoms with Gasteiger partial charge in [-0.3, -0.25) is 4.68 Å². The average Bonchev–Trinajstić information content (AvgIpc) is 2.89. The molecular weight excluding hydrogens is 198 g/mol. The summed E-state index contributed by atoms with van der Waals surface area (Å²) in [7, 11) is 1.93. The van der Waals surface area contributed by atoms with Crippen LogP contribution in [0.4, 0.5) is 0 Å². The molecule has 3 rings (SSSR count). The van der Waals surface area contributed by atoms with E-state index >= 15 is 0 Å². The van der Waals surface area contributed by atoms with Crippen LogP contribution in [0.1, 0.15) is 18.4 Å². The summed E-state index contributed by atoms with van der Waals surface area (Å²) >= 11 is 0. The third-order valence-electron chi connectivity index (χ3n) is 3.26. The standard InChI is InChI=1S/C13H15N3/c1-16-9-11(8-15-16)10-3-2-4-12(7-10)13(14)5-6-13/h2-4,7-9H,5-6,14H2,1H3. The van der Waals surface area contributed by atoms with Gasteiger partial charge in [0.25, 0.3) is 0 Å². The van der Waals surface area contributed by atoms with Crippen LogP contribution in [0.15, 0.2) is 36.7 Å². The summed E-state index contributed by atoms with van der Waals surface area (Å²) in [6, 6.07) is 8.48. The molecule has 0 saturated heterocycles. The molecule has 3 nitrogen and oxygen atoms in total. The number of aryl methyl sites for hydroxylation is 1. The molecular formula is C13H15N3. The summed E-state index contributed by atoms with van der Waals surface area (Å²) in [6.45, 7) is 0. The van der Waals surface area contributed by atoms with Gasteiger partial charge in [0, 0.05) is 24.3 Å². The van der Waals surface area contributed by atoms with Crippen LogP contribution in [-0.2, 0) is 12.6 Å². The fraction of sp³-hybridized carbons (Fsp3) is 0.308. The molecule has 3 heteroatoms. The maximum atomic E-state index is 6.20. The zero-order valence-electron chi connectivity index (χ0n) is 9.35. The second-order valence-corrected chi connectivity index (χ2v) is 4.64. The Kier molecular flexibility index (Phi) is 1.91. The molecule has 1 saturated carbocycles. The minimum atomic E-state index is -0.0573. The van der Waals surface area contributed by atoms with E-state index in [0.29, 0.717) is 0 Å². The zero-order valence-corrected chi connectivity index (χ0v) is 9.35. The van der Waals surface area contributed by atoms with Crippen LogP contribution in [0.5, 0.6) is 0 Å². The number of benzene rings is 1. The third kappa shape index (κ3) is 1.53. The molecule has 0 amide bonds. The van der Waals surface area contributed by atoms with Crippen molar-refractivity contribution in [3.63, 3.8) is 0 Å². The predicted octanol–water partition coefficient (Wildman–Crippen LogP) is 2.03. The molecule has 1 fully saturated rings. The lowest BCUT2D eigenvalue weighted by Gasteiger charge is -2.10. The van der Waals surface area contributed by atoms with E-state index in [1.807, 2.05) is 24.1 Å². The lowest BCUT2D eigenvalue weighted by Crippen LogP contribution is -2.18. The van der Waals surface area contributed by atoms with E-state index in [2.05, 4.69) is 29.4 Å². The van der Waals surface area contributed by atoms with E-state index in [9.17, 15) is 0 Å². The highest BCUT2D eigenvalue weighted by Crippen LogP contribution is 2.43. The van der Waals surface area contributed by atoms with Crippen LogP contribution in [0.3, 0.4) is 0 Å². The number of hydrogen-bond donors (Lipinski definition) is 1. The van der Waals surface area contributed by atoms with Crippen LogP contribution in [0.2, 0.25) is 0 Å². The van der Waals surface area contributed by atoms with Crippen molar-refractivity contribution in [2.75, 3.05) is 0 Å². The SMILES string of the molecule is Cn1cc(-c2cccc(C3(N)CC3)c2)cn1. The smallest absolute Gasteiger partial charge is 0.0568 e. The first-order chi connectivity index (χ1) is 7.67. The number of aromatic nitrogens is 2. The highest BCUT2D eigenvalue weighted by Gasteiger charge is 2.39. The summed E-state index contributed by atoms with van der Waals surface area (Å²) in [6.07, 6.45) is 6.11. The summed E-state index contributed by atoms with van der Waals surface area (Å²) in [5.41, 5.74) is 9.73. The maximum Gasteiger partial charge on any atom is 0.0568 e. The van der Waals surface area contributed by atoms with Crippen LogP contribution in [0.25, 0.3) is 11.1 Å². The monoisotopic (exact) mass is 213 g/mol. The molecule has 2 aromatic rings. The first-order valence-corrected chi connectivity index (χ1v) is 5.56. The van der Waals surface area contributed by atoms with E-state index in [0.717, 1.165) is 18.4 Å². The molecule has 1 aliphatic rings. The molecule has 82 valence electrons. The molecule has 16 heavy (non-hydrogen) atoms. The minimum absolute atomic E-state index is 0.0573. The Bertz CT molecular complexity index is 523. The van der Waals surface area contributed by atoms with E-state index < -0.39 is 0 Å². The first kappa shape index (κ1) is 9.60. The Hall–Kier alpha value is -1.61. The Morgan fingerprint density at radius 2 is 2.12 bits per heavy atom. The van der Waals surface area contributed by atoms with E-state index in [1.54, 1.807) is 0 Å². The second-order valence-electron chi connectivity index (χ2n) is 4.64. The van der Waals surface area contributed by atoms with E-state index in [4.69, 9.17) is 5.73 Å². The van der Waals surface area contributed by atoms with Gasteiger partial charge >= 0.3 is 0 Å². The molecule has 0 aliphatic heterocycles. The number of hydrogen-bond acceptors (Lipinski definition) is 2. The quantitative estimate of drug-likeness (QED) is 0.829. The van der Waals surface area contributed by atoms with Crippen molar-refractivity contribution in [1.29, 1.82) is 0 Å². The predicted molar refractivity (Wildman–Crippen MR) is 63.7 cm³/mol. The second kappa shape index (κ2) is 3.19. The van der Waals surface area contributed by atoms with Crippen molar-refractivity contribution >= 4 is 0 Å². The van der Waals surface area contributed by atoms with Crippen LogP contribution in [0, 0.1) is 0 Å². The van der Waals surface area contributed by atoms with Gasteiger partial charge in [0.05, 0.1) is 6.20 Å². The molecule has 0 atom stereocenters. The highest BCUT2D eigenvalue weighted by molar-refractivity contribution is 5.63. The van der Waals surface area contributed by atoms with Gasteiger partial charge in [-0.05, 0) is 30.0 Å². The molecule has 1 aromatic carbocycles. The normalized spacial score (nSPS) is 17.4. The van der Waals surface area contributed by atoms with Gasteiger partial charge in [0.1, 0.15) is 0 Å². The summed E-state index contributed by atoms with van der Waals surface area (Å²) in [5, 5.41) is 4.19. The van der Waals surface area contributed by atoms with E-state index in [-0.39, 0.29) is 5.54 Å². The Balaban J connectivity index is 2.02. The maximum absolute atomic E-state index is 6.20. The summed E-state index contributed by atoms with van der Waals surface area (Å²) in [5.74, 6) is 0. The van der Waals surface area contributed by atoms with E-state index in [1.165, 1.54) is 11.1 Å². The van der Waals surface area contributed by atoms with Crippen molar-refractivity contribution in [3.05, 3.63) is 42.2 Å². The lowest BCUT2D eigenvalue weighted by molar-refractivity contribution is 0.740. The van der Waals surface area contributed by atoms with Crippen molar-refractivity contribution in [1.82, 2.24) is 9.78 Å². The number of rotatable bonds is 2. The van der Waals surface area contributed by atoms with Gasteiger partial charge in [-0.2, -0.15) is 5.10 Å². The minimum Gasteiger partial charge on any atom is -0.321 e. The van der Waals surface area contributed by atoms with Gasteiger partial charge in [-0.15, -0.1) is 0 Å². The molecule has 0 radical (unpaired) electrons. The molecule has 0 bridgehead atoms. The van der Waals surface area contributed by atoms with Gasteiger partial charge in [-0.25, -0.2) is 0 Å². The van der Waals surface area contributed by atoms with Crippen LogP contribution in [-0.4, -0.2) is 9.78 Å². The molecule has 0 spiro atoms. The molecule has 1 aromatic heterocycles. The number of nitrogens with two attached hydrogens (primary N) is 1.